The van der Waals surface area contributed by atoms with Gasteiger partial charge in [-0.05, 0) is 23.8 Å². The minimum Gasteiger partial charge on any atom is -0.374 e. The summed E-state index contributed by atoms with van der Waals surface area (Å²) in [5.41, 5.74) is 5.92. The molecule has 5 rings (SSSR count). The van der Waals surface area contributed by atoms with Crippen molar-refractivity contribution in [3.8, 4) is 0 Å². The highest BCUT2D eigenvalue weighted by molar-refractivity contribution is 5.74. The van der Waals surface area contributed by atoms with Crippen LogP contribution in [0.3, 0.4) is 0 Å². The van der Waals surface area contributed by atoms with Gasteiger partial charge in [0.1, 0.15) is 5.52 Å². The minimum absolute atomic E-state index is 0.122. The zero-order valence-corrected chi connectivity index (χ0v) is 14.7. The molecule has 2 atom stereocenters. The van der Waals surface area contributed by atoms with Crippen molar-refractivity contribution in [1.82, 2.24) is 15.0 Å². The number of anilines is 1. The van der Waals surface area contributed by atoms with Crippen molar-refractivity contribution in [3.05, 3.63) is 90.0 Å². The summed E-state index contributed by atoms with van der Waals surface area (Å²) in [4.78, 5) is 2.35. The summed E-state index contributed by atoms with van der Waals surface area (Å²) in [6.45, 7) is 0.944. The first-order chi connectivity index (χ1) is 12.8. The van der Waals surface area contributed by atoms with Crippen LogP contribution in [0.25, 0.3) is 11.0 Å². The molecule has 2 heterocycles. The van der Waals surface area contributed by atoms with Crippen LogP contribution < -0.4 is 4.90 Å². The Morgan fingerprint density at radius 3 is 2.46 bits per heavy atom. The molecule has 0 unspecified atom stereocenters. The average Bonchev–Trinajstić information content (AvgIpc) is 3.12. The quantitative estimate of drug-likeness (QED) is 0.547. The smallest absolute Gasteiger partial charge is 0.113 e. The molecule has 0 spiro atoms. The topological polar surface area (TPSA) is 34.0 Å². The number of benzene rings is 3. The first-order valence-corrected chi connectivity index (χ1v) is 8.98. The third-order valence-electron chi connectivity index (χ3n) is 5.39. The Balaban J connectivity index is 1.75. The predicted octanol–water partition coefficient (Wildman–Crippen LogP) is 4.25. The van der Waals surface area contributed by atoms with Crippen molar-refractivity contribution in [1.29, 1.82) is 0 Å². The fourth-order valence-corrected chi connectivity index (χ4v) is 4.18. The average molecular weight is 340 g/mol. The van der Waals surface area contributed by atoms with Gasteiger partial charge in [0.25, 0.3) is 0 Å². The largest absolute Gasteiger partial charge is 0.374 e. The van der Waals surface area contributed by atoms with Crippen LogP contribution in [0.4, 0.5) is 5.69 Å². The molecule has 128 valence electrons. The lowest BCUT2D eigenvalue weighted by Gasteiger charge is -2.39. The zero-order chi connectivity index (χ0) is 17.5. The van der Waals surface area contributed by atoms with Crippen LogP contribution >= 0.6 is 0 Å². The van der Waals surface area contributed by atoms with Crippen molar-refractivity contribution in [3.63, 3.8) is 0 Å². The summed E-state index contributed by atoms with van der Waals surface area (Å²) in [7, 11) is 2.17. The predicted molar refractivity (Wildman–Crippen MR) is 105 cm³/mol. The second kappa shape index (κ2) is 5.99. The van der Waals surface area contributed by atoms with Gasteiger partial charge in [0.05, 0.1) is 11.6 Å². The lowest BCUT2D eigenvalue weighted by molar-refractivity contribution is 0.421. The molecule has 0 amide bonds. The Morgan fingerprint density at radius 2 is 1.58 bits per heavy atom. The Morgan fingerprint density at radius 1 is 0.846 bits per heavy atom. The summed E-state index contributed by atoms with van der Waals surface area (Å²) in [6, 6.07) is 27.7. The van der Waals surface area contributed by atoms with E-state index in [-0.39, 0.29) is 6.04 Å². The first-order valence-electron chi connectivity index (χ1n) is 8.98. The minimum atomic E-state index is 0.122. The Labute approximate surface area is 152 Å². The molecule has 0 fully saturated rings. The molecule has 4 nitrogen and oxygen atoms in total. The molecule has 1 aliphatic heterocycles. The Hall–Kier alpha value is -3.14. The van der Waals surface area contributed by atoms with Crippen LogP contribution in [-0.2, 0) is 0 Å². The van der Waals surface area contributed by atoms with Crippen LogP contribution in [-0.4, -0.2) is 28.6 Å². The van der Waals surface area contributed by atoms with Crippen molar-refractivity contribution in [2.75, 3.05) is 18.5 Å². The van der Waals surface area contributed by atoms with Crippen LogP contribution in [0, 0.1) is 0 Å². The van der Waals surface area contributed by atoms with Crippen LogP contribution in [0.15, 0.2) is 78.9 Å². The molecule has 0 bridgehead atoms. The highest BCUT2D eigenvalue weighted by Crippen LogP contribution is 2.44. The van der Waals surface area contributed by atoms with Crippen molar-refractivity contribution >= 4 is 16.7 Å². The zero-order valence-electron chi connectivity index (χ0n) is 14.7. The van der Waals surface area contributed by atoms with Crippen LogP contribution in [0.2, 0.25) is 0 Å². The molecule has 0 aliphatic carbocycles. The first kappa shape index (κ1) is 15.1. The summed E-state index contributed by atoms with van der Waals surface area (Å²) in [5.74, 6) is 0.307. The summed E-state index contributed by atoms with van der Waals surface area (Å²) in [6.07, 6.45) is 0. The Bertz CT molecular complexity index is 1050. The van der Waals surface area contributed by atoms with Crippen molar-refractivity contribution < 1.29 is 0 Å². The van der Waals surface area contributed by atoms with Gasteiger partial charge in [-0.25, -0.2) is 4.68 Å². The summed E-state index contributed by atoms with van der Waals surface area (Å²) < 4.78 is 2.11. The molecule has 0 N–H and O–H groups in total. The molecule has 4 heteroatoms. The molecule has 0 saturated carbocycles. The number of fused-ring (bicyclic) bond motifs is 2. The van der Waals surface area contributed by atoms with E-state index in [2.05, 4.69) is 93.7 Å². The highest BCUT2D eigenvalue weighted by atomic mass is 15.4. The third kappa shape index (κ3) is 2.30. The maximum atomic E-state index is 4.57. The molecule has 26 heavy (non-hydrogen) atoms. The molecular formula is C22H20N4. The third-order valence-corrected chi connectivity index (χ3v) is 5.39. The van der Waals surface area contributed by atoms with E-state index in [1.165, 1.54) is 16.8 Å². The number of aromatic nitrogens is 3. The molecule has 1 aliphatic rings. The van der Waals surface area contributed by atoms with Gasteiger partial charge in [0.15, 0.2) is 0 Å². The summed E-state index contributed by atoms with van der Waals surface area (Å²) in [5, 5.41) is 8.98. The second-order valence-corrected chi connectivity index (χ2v) is 6.92. The van der Waals surface area contributed by atoms with E-state index in [1.54, 1.807) is 0 Å². The van der Waals surface area contributed by atoms with Gasteiger partial charge in [0, 0.05) is 30.8 Å². The van der Waals surface area contributed by atoms with E-state index in [4.69, 9.17) is 0 Å². The monoisotopic (exact) mass is 340 g/mol. The van der Waals surface area contributed by atoms with Gasteiger partial charge in [0.2, 0.25) is 0 Å². The van der Waals surface area contributed by atoms with Crippen LogP contribution in [0.1, 0.15) is 23.1 Å². The molecule has 1 aromatic heterocycles. The number of para-hydroxylation sites is 2. The van der Waals surface area contributed by atoms with E-state index in [0.717, 1.165) is 17.6 Å². The van der Waals surface area contributed by atoms with Gasteiger partial charge in [-0.2, -0.15) is 0 Å². The maximum Gasteiger partial charge on any atom is 0.113 e. The van der Waals surface area contributed by atoms with Gasteiger partial charge in [-0.3, -0.25) is 0 Å². The van der Waals surface area contributed by atoms with Gasteiger partial charge in [-0.1, -0.05) is 65.9 Å². The second-order valence-electron chi connectivity index (χ2n) is 6.92. The Kier molecular flexibility index (Phi) is 3.49. The number of hydrogen-bond acceptors (Lipinski definition) is 3. The SMILES string of the molecule is CN1C[C@@H](c2ccccc2)[C@H](n2nnc3ccccc32)c2ccccc21. The lowest BCUT2D eigenvalue weighted by atomic mass is 9.82. The van der Waals surface area contributed by atoms with E-state index < -0.39 is 0 Å². The van der Waals surface area contributed by atoms with Crippen molar-refractivity contribution in [2.24, 2.45) is 0 Å². The number of hydrogen-bond donors (Lipinski definition) is 0. The van der Waals surface area contributed by atoms with Gasteiger partial charge < -0.3 is 4.90 Å². The standard InChI is InChI=1S/C22H20N4/c1-25-15-18(16-9-3-2-4-10-16)22(17-11-5-7-13-20(17)25)26-21-14-8-6-12-19(21)23-24-26/h2-14,18,22H,15H2,1H3/t18-,22+/m0/s1. The number of nitrogens with zero attached hydrogens (tertiary/aromatic N) is 4. The molecular weight excluding hydrogens is 320 g/mol. The van der Waals surface area contributed by atoms with E-state index >= 15 is 0 Å². The fraction of sp³-hybridized carbons (Fsp3) is 0.182. The normalized spacial score (nSPS) is 19.5. The van der Waals surface area contributed by atoms with Gasteiger partial charge >= 0.3 is 0 Å². The lowest BCUT2D eigenvalue weighted by Crippen LogP contribution is -2.37. The van der Waals surface area contributed by atoms with E-state index in [9.17, 15) is 0 Å². The molecule has 3 aromatic carbocycles. The summed E-state index contributed by atoms with van der Waals surface area (Å²) >= 11 is 0. The maximum absolute atomic E-state index is 4.57. The van der Waals surface area contributed by atoms with Gasteiger partial charge in [-0.15, -0.1) is 5.10 Å². The highest BCUT2D eigenvalue weighted by Gasteiger charge is 2.35. The molecule has 4 aromatic rings. The van der Waals surface area contributed by atoms with Crippen molar-refractivity contribution in [2.45, 2.75) is 12.0 Å². The van der Waals surface area contributed by atoms with E-state index in [0.29, 0.717) is 5.92 Å². The number of rotatable bonds is 2. The van der Waals surface area contributed by atoms with E-state index in [1.807, 2.05) is 12.1 Å². The molecule has 0 radical (unpaired) electrons. The number of likely N-dealkylation sites (N-methyl/N-ethyl adjacent to an activating group) is 1. The molecule has 0 saturated heterocycles. The van der Waals surface area contributed by atoms with Crippen LogP contribution in [0.5, 0.6) is 0 Å². The fourth-order valence-electron chi connectivity index (χ4n) is 4.18.